The predicted octanol–water partition coefficient (Wildman–Crippen LogP) is 2.05. The molecular weight excluding hydrogens is 175 g/mol. The fourth-order valence-electron chi connectivity index (χ4n) is 1.85. The van der Waals surface area contributed by atoms with Gasteiger partial charge in [-0.15, -0.1) is 0 Å². The third kappa shape index (κ3) is 3.26. The summed E-state index contributed by atoms with van der Waals surface area (Å²) in [5, 5.41) is 0. The van der Waals surface area contributed by atoms with E-state index in [1.54, 1.807) is 0 Å². The molecule has 0 amide bonds. The van der Waals surface area contributed by atoms with Crippen molar-refractivity contribution < 1.29 is 14.2 Å². The van der Waals surface area contributed by atoms with Crippen LogP contribution in [0.4, 0.5) is 0 Å². The number of ether oxygens (including phenoxy) is 1. The first-order valence-corrected chi connectivity index (χ1v) is 6.47. The van der Waals surface area contributed by atoms with Gasteiger partial charge in [0.1, 0.15) is 6.35 Å². The summed E-state index contributed by atoms with van der Waals surface area (Å²) in [6, 6.07) is 0. The van der Waals surface area contributed by atoms with Crippen LogP contribution < -0.4 is 0 Å². The molecule has 0 aromatic rings. The Bertz CT molecular complexity index is 175. The lowest BCUT2D eigenvalue weighted by molar-refractivity contribution is 0.236. The second kappa shape index (κ2) is 4.40. The van der Waals surface area contributed by atoms with E-state index in [1.165, 1.54) is 20.0 Å². The molecule has 1 rings (SSSR count). The van der Waals surface area contributed by atoms with Crippen molar-refractivity contribution in [3.05, 3.63) is 0 Å². The third-order valence-electron chi connectivity index (χ3n) is 2.35. The second-order valence-corrected chi connectivity index (χ2v) is 5.91. The maximum Gasteiger partial charge on any atom is 0.225 e. The van der Waals surface area contributed by atoms with Gasteiger partial charge in [0.2, 0.25) is 7.37 Å². The summed E-state index contributed by atoms with van der Waals surface area (Å²) in [6.07, 6.45) is 5.15. The molecule has 4 heteroatoms. The summed E-state index contributed by atoms with van der Waals surface area (Å²) in [5.41, 5.74) is 0. The molecule has 12 heavy (non-hydrogen) atoms. The quantitative estimate of drug-likeness (QED) is 0.693. The van der Waals surface area contributed by atoms with Crippen LogP contribution in [0.5, 0.6) is 0 Å². The summed E-state index contributed by atoms with van der Waals surface area (Å²) >= 11 is 0. The highest BCUT2D eigenvalue weighted by Gasteiger charge is 2.25. The van der Waals surface area contributed by atoms with E-state index in [0.29, 0.717) is 12.1 Å². The fraction of sp³-hybridized carbons (Fsp3) is 1.00. The van der Waals surface area contributed by atoms with Gasteiger partial charge in [-0.3, -0.25) is 4.57 Å². The van der Waals surface area contributed by atoms with E-state index >= 15 is 0 Å². The van der Waals surface area contributed by atoms with E-state index in [-0.39, 0.29) is 6.35 Å². The minimum atomic E-state index is -2.96. The van der Waals surface area contributed by atoms with Crippen molar-refractivity contribution >= 4 is 7.37 Å². The van der Waals surface area contributed by atoms with Gasteiger partial charge in [-0.25, -0.2) is 0 Å². The lowest BCUT2D eigenvalue weighted by atomic mass is 10.1. The minimum absolute atomic E-state index is 0.0174. The molecule has 1 atom stereocenters. The molecule has 0 bridgehead atoms. The van der Waals surface area contributed by atoms with E-state index in [0.717, 1.165) is 12.8 Å². The second-order valence-electron chi connectivity index (χ2n) is 3.60. The molecule has 0 aromatic carbocycles. The van der Waals surface area contributed by atoms with Crippen molar-refractivity contribution in [2.45, 2.75) is 25.7 Å². The van der Waals surface area contributed by atoms with Crippen LogP contribution in [0.2, 0.25) is 0 Å². The van der Waals surface area contributed by atoms with E-state index in [2.05, 4.69) is 0 Å². The van der Waals surface area contributed by atoms with Crippen LogP contribution in [-0.4, -0.2) is 24.5 Å². The van der Waals surface area contributed by atoms with E-state index in [9.17, 15) is 9.46 Å². The minimum Gasteiger partial charge on any atom is -0.375 e. The molecule has 1 fully saturated rings. The number of hydrogen-bond acceptors (Lipinski definition) is 2. The Morgan fingerprint density at radius 2 is 2.08 bits per heavy atom. The van der Waals surface area contributed by atoms with Crippen LogP contribution in [0.15, 0.2) is 0 Å². The molecule has 1 N–H and O–H groups in total. The Kier molecular flexibility index (Phi) is 3.76. The molecule has 0 spiro atoms. The Balaban J connectivity index is 2.32. The molecule has 0 saturated heterocycles. The summed E-state index contributed by atoms with van der Waals surface area (Å²) in [5.74, 6) is 0.469. The summed E-state index contributed by atoms with van der Waals surface area (Å²) in [7, 11) is -1.49. The van der Waals surface area contributed by atoms with E-state index < -0.39 is 7.37 Å². The lowest BCUT2D eigenvalue weighted by Gasteiger charge is -2.14. The lowest BCUT2D eigenvalue weighted by Crippen LogP contribution is -2.05. The summed E-state index contributed by atoms with van der Waals surface area (Å²) in [6.45, 7) is 0. The molecule has 0 heterocycles. The molecule has 0 aromatic heterocycles. The van der Waals surface area contributed by atoms with E-state index in [1.807, 2.05) is 0 Å². The van der Waals surface area contributed by atoms with Gasteiger partial charge in [-0.2, -0.15) is 0 Å². The van der Waals surface area contributed by atoms with Crippen molar-refractivity contribution in [2.24, 2.45) is 5.92 Å². The number of hydrogen-bond donors (Lipinski definition) is 1. The average Bonchev–Trinajstić information content (AvgIpc) is 2.38. The highest BCUT2D eigenvalue weighted by Crippen LogP contribution is 2.45. The Morgan fingerprint density at radius 1 is 1.50 bits per heavy atom. The van der Waals surface area contributed by atoms with E-state index in [4.69, 9.17) is 4.74 Å². The standard InChI is InChI=1S/C8H17O3P/c1-11-7-12(9,10)6-8-4-2-3-5-8/h8H,2-7H2,1H3,(H,9,10). The van der Waals surface area contributed by atoms with Crippen molar-refractivity contribution in [3.63, 3.8) is 0 Å². The fourth-order valence-corrected chi connectivity index (χ4v) is 3.53. The van der Waals surface area contributed by atoms with Crippen molar-refractivity contribution in [1.29, 1.82) is 0 Å². The van der Waals surface area contributed by atoms with Crippen LogP contribution in [0, 0.1) is 5.92 Å². The SMILES string of the molecule is COCP(=O)(O)CC1CCCC1. The van der Waals surface area contributed by atoms with Crippen molar-refractivity contribution in [3.8, 4) is 0 Å². The smallest absolute Gasteiger partial charge is 0.225 e. The van der Waals surface area contributed by atoms with Gasteiger partial charge in [-0.1, -0.05) is 12.8 Å². The van der Waals surface area contributed by atoms with Crippen LogP contribution >= 0.6 is 7.37 Å². The Morgan fingerprint density at radius 3 is 2.58 bits per heavy atom. The third-order valence-corrected chi connectivity index (χ3v) is 4.10. The molecule has 3 nitrogen and oxygen atoms in total. The van der Waals surface area contributed by atoms with Crippen molar-refractivity contribution in [1.82, 2.24) is 0 Å². The van der Waals surface area contributed by atoms with Gasteiger partial charge >= 0.3 is 0 Å². The van der Waals surface area contributed by atoms with Gasteiger partial charge in [0, 0.05) is 13.3 Å². The molecule has 72 valence electrons. The van der Waals surface area contributed by atoms with Crippen LogP contribution in [-0.2, 0) is 9.30 Å². The van der Waals surface area contributed by atoms with Crippen LogP contribution in [0.3, 0.4) is 0 Å². The maximum absolute atomic E-state index is 11.4. The van der Waals surface area contributed by atoms with Crippen LogP contribution in [0.25, 0.3) is 0 Å². The zero-order valence-corrected chi connectivity index (χ0v) is 8.43. The highest BCUT2D eigenvalue weighted by molar-refractivity contribution is 7.57. The zero-order chi connectivity index (χ0) is 9.03. The molecule has 1 aliphatic carbocycles. The average molecular weight is 192 g/mol. The topological polar surface area (TPSA) is 46.5 Å². The number of rotatable bonds is 4. The molecule has 1 saturated carbocycles. The van der Waals surface area contributed by atoms with Gasteiger partial charge in [0.25, 0.3) is 0 Å². The van der Waals surface area contributed by atoms with Crippen LogP contribution in [0.1, 0.15) is 25.7 Å². The molecular formula is C8H17O3P. The van der Waals surface area contributed by atoms with Crippen molar-refractivity contribution in [2.75, 3.05) is 19.6 Å². The molecule has 1 aliphatic rings. The first-order valence-electron chi connectivity index (χ1n) is 4.44. The summed E-state index contributed by atoms with van der Waals surface area (Å²) < 4.78 is 16.1. The normalized spacial score (nSPS) is 24.2. The predicted molar refractivity (Wildman–Crippen MR) is 48.5 cm³/mol. The maximum atomic E-state index is 11.4. The summed E-state index contributed by atoms with van der Waals surface area (Å²) in [4.78, 5) is 9.41. The monoisotopic (exact) mass is 192 g/mol. The largest absolute Gasteiger partial charge is 0.375 e. The first-order chi connectivity index (χ1) is 5.64. The molecule has 0 aliphatic heterocycles. The zero-order valence-electron chi connectivity index (χ0n) is 7.53. The Labute approximate surface area is 73.6 Å². The number of methoxy groups -OCH3 is 1. The van der Waals surface area contributed by atoms with Gasteiger partial charge in [0.05, 0.1) is 0 Å². The van der Waals surface area contributed by atoms with Gasteiger partial charge in [-0.05, 0) is 18.8 Å². The first kappa shape index (κ1) is 10.2. The van der Waals surface area contributed by atoms with Gasteiger partial charge < -0.3 is 9.63 Å². The van der Waals surface area contributed by atoms with Gasteiger partial charge in [0.15, 0.2) is 0 Å². The Hall–Kier alpha value is 0.150. The molecule has 0 radical (unpaired) electrons. The molecule has 1 unspecified atom stereocenters. The highest BCUT2D eigenvalue weighted by atomic mass is 31.2.